The first kappa shape index (κ1) is 16.9. The predicted molar refractivity (Wildman–Crippen MR) is 88.8 cm³/mol. The number of carbonyl (C=O) groups is 1. The number of hydrogen-bond acceptors (Lipinski definition) is 3. The van der Waals surface area contributed by atoms with Crippen LogP contribution >= 0.6 is 11.6 Å². The number of aryl methyl sites for hydroxylation is 1. The Labute approximate surface area is 144 Å². The van der Waals surface area contributed by atoms with E-state index in [0.29, 0.717) is 24.3 Å². The minimum absolute atomic E-state index is 0.0716. The van der Waals surface area contributed by atoms with Crippen molar-refractivity contribution in [3.8, 4) is 0 Å². The van der Waals surface area contributed by atoms with Crippen LogP contribution in [0.2, 0.25) is 5.15 Å². The Morgan fingerprint density at radius 2 is 2.21 bits per heavy atom. The van der Waals surface area contributed by atoms with Crippen molar-refractivity contribution in [2.24, 2.45) is 0 Å². The molecule has 0 spiro atoms. The van der Waals surface area contributed by atoms with Crippen molar-refractivity contribution in [2.75, 3.05) is 13.2 Å². The van der Waals surface area contributed by atoms with E-state index in [1.807, 2.05) is 0 Å². The number of carbonyl (C=O) groups excluding carboxylic acids is 1. The molecule has 0 bridgehead atoms. The van der Waals surface area contributed by atoms with E-state index < -0.39 is 0 Å². The third-order valence-corrected chi connectivity index (χ3v) is 4.44. The Balaban J connectivity index is 1.70. The van der Waals surface area contributed by atoms with Crippen molar-refractivity contribution in [1.82, 2.24) is 15.1 Å². The molecule has 1 saturated heterocycles. The molecule has 1 aromatic heterocycles. The molecule has 24 heavy (non-hydrogen) atoms. The number of nitrogens with one attached hydrogen (secondary N) is 1. The summed E-state index contributed by atoms with van der Waals surface area (Å²) in [6.07, 6.45) is 2.05. The maximum absolute atomic E-state index is 13.0. The van der Waals surface area contributed by atoms with E-state index in [9.17, 15) is 9.18 Å². The van der Waals surface area contributed by atoms with E-state index in [1.54, 1.807) is 23.7 Å². The van der Waals surface area contributed by atoms with Gasteiger partial charge in [-0.3, -0.25) is 4.79 Å². The quantitative estimate of drug-likeness (QED) is 0.901. The lowest BCUT2D eigenvalue weighted by Crippen LogP contribution is -2.32. The molecule has 1 aliphatic rings. The summed E-state index contributed by atoms with van der Waals surface area (Å²) < 4.78 is 20.0. The van der Waals surface area contributed by atoms with Gasteiger partial charge in [0.25, 0.3) is 5.91 Å². The van der Waals surface area contributed by atoms with Crippen LogP contribution < -0.4 is 5.32 Å². The van der Waals surface area contributed by atoms with Gasteiger partial charge in [0.1, 0.15) is 11.0 Å². The Bertz CT molecular complexity index is 724. The highest BCUT2D eigenvalue weighted by Crippen LogP contribution is 2.21. The summed E-state index contributed by atoms with van der Waals surface area (Å²) in [7, 11) is 0. The minimum Gasteiger partial charge on any atom is -0.376 e. The lowest BCUT2D eigenvalue weighted by Gasteiger charge is -2.10. The molecule has 1 amide bonds. The topological polar surface area (TPSA) is 56.2 Å². The molecule has 0 saturated carbocycles. The van der Waals surface area contributed by atoms with Crippen LogP contribution in [0.3, 0.4) is 0 Å². The third-order valence-electron chi connectivity index (χ3n) is 4.05. The number of halogens is 2. The number of hydrogen-bond donors (Lipinski definition) is 1. The molecule has 5 nitrogen and oxygen atoms in total. The SMILES string of the molecule is Cc1nn(Cc2ccc(F)cc2)c(Cl)c1C(=O)NCC1CCCO1. The summed E-state index contributed by atoms with van der Waals surface area (Å²) >= 11 is 6.34. The van der Waals surface area contributed by atoms with Crippen LogP contribution in [-0.2, 0) is 11.3 Å². The lowest BCUT2D eigenvalue weighted by molar-refractivity contribution is 0.0857. The predicted octanol–water partition coefficient (Wildman–Crippen LogP) is 2.94. The Morgan fingerprint density at radius 3 is 2.88 bits per heavy atom. The maximum Gasteiger partial charge on any atom is 0.256 e. The van der Waals surface area contributed by atoms with Gasteiger partial charge in [0.05, 0.1) is 23.9 Å². The van der Waals surface area contributed by atoms with Crippen LogP contribution in [0.1, 0.15) is 34.5 Å². The first-order valence-corrected chi connectivity index (χ1v) is 8.29. The summed E-state index contributed by atoms with van der Waals surface area (Å²) in [5.41, 5.74) is 1.79. The van der Waals surface area contributed by atoms with Gasteiger partial charge in [-0.05, 0) is 37.5 Å². The summed E-state index contributed by atoms with van der Waals surface area (Å²) in [5, 5.41) is 7.46. The van der Waals surface area contributed by atoms with Crippen LogP contribution in [0.4, 0.5) is 4.39 Å². The monoisotopic (exact) mass is 351 g/mol. The fourth-order valence-electron chi connectivity index (χ4n) is 2.78. The van der Waals surface area contributed by atoms with E-state index in [0.717, 1.165) is 25.0 Å². The molecular weight excluding hydrogens is 333 g/mol. The van der Waals surface area contributed by atoms with Gasteiger partial charge < -0.3 is 10.1 Å². The van der Waals surface area contributed by atoms with Gasteiger partial charge in [0.15, 0.2) is 0 Å². The average Bonchev–Trinajstić information content (AvgIpc) is 3.16. The molecule has 2 heterocycles. The van der Waals surface area contributed by atoms with Crippen LogP contribution in [-0.4, -0.2) is 34.9 Å². The molecule has 1 unspecified atom stereocenters. The van der Waals surface area contributed by atoms with E-state index >= 15 is 0 Å². The zero-order valence-corrected chi connectivity index (χ0v) is 14.1. The van der Waals surface area contributed by atoms with Gasteiger partial charge in [-0.1, -0.05) is 23.7 Å². The van der Waals surface area contributed by atoms with Crippen molar-refractivity contribution in [3.63, 3.8) is 0 Å². The minimum atomic E-state index is -0.296. The zero-order valence-electron chi connectivity index (χ0n) is 13.4. The van der Waals surface area contributed by atoms with Gasteiger partial charge in [0, 0.05) is 13.2 Å². The molecule has 1 aromatic carbocycles. The molecule has 3 rings (SSSR count). The zero-order chi connectivity index (χ0) is 17.1. The highest BCUT2D eigenvalue weighted by Gasteiger charge is 2.22. The van der Waals surface area contributed by atoms with E-state index in [1.165, 1.54) is 12.1 Å². The molecule has 7 heteroatoms. The second-order valence-corrected chi connectivity index (χ2v) is 6.24. The first-order chi connectivity index (χ1) is 11.5. The Morgan fingerprint density at radius 1 is 1.46 bits per heavy atom. The van der Waals surface area contributed by atoms with Gasteiger partial charge in [-0.15, -0.1) is 0 Å². The normalized spacial score (nSPS) is 17.2. The second kappa shape index (κ2) is 7.32. The molecule has 2 aromatic rings. The summed E-state index contributed by atoms with van der Waals surface area (Å²) in [6.45, 7) is 3.33. The van der Waals surface area contributed by atoms with Crippen molar-refractivity contribution >= 4 is 17.5 Å². The van der Waals surface area contributed by atoms with Gasteiger partial charge >= 0.3 is 0 Å². The largest absolute Gasteiger partial charge is 0.376 e. The highest BCUT2D eigenvalue weighted by molar-refractivity contribution is 6.33. The Kier molecular flexibility index (Phi) is 5.16. The van der Waals surface area contributed by atoms with E-state index in [4.69, 9.17) is 16.3 Å². The Hall–Kier alpha value is -1.92. The molecule has 0 radical (unpaired) electrons. The first-order valence-electron chi connectivity index (χ1n) is 7.91. The number of rotatable bonds is 5. The summed E-state index contributed by atoms with van der Waals surface area (Å²) in [5.74, 6) is -0.547. The highest BCUT2D eigenvalue weighted by atomic mass is 35.5. The molecule has 1 aliphatic heterocycles. The summed E-state index contributed by atoms with van der Waals surface area (Å²) in [4.78, 5) is 12.4. The number of aromatic nitrogens is 2. The standard InChI is InChI=1S/C17H19ClFN3O2/c1-11-15(17(23)20-9-14-3-2-8-24-14)16(18)22(21-11)10-12-4-6-13(19)7-5-12/h4-7,14H,2-3,8-10H2,1H3,(H,20,23). The lowest BCUT2D eigenvalue weighted by atomic mass is 10.2. The number of amides is 1. The van der Waals surface area contributed by atoms with Crippen LogP contribution in [0.5, 0.6) is 0 Å². The molecule has 1 atom stereocenters. The molecule has 1 N–H and O–H groups in total. The second-order valence-electron chi connectivity index (χ2n) is 5.88. The van der Waals surface area contributed by atoms with Crippen LogP contribution in [0.25, 0.3) is 0 Å². The van der Waals surface area contributed by atoms with Crippen molar-refractivity contribution in [3.05, 3.63) is 52.1 Å². The van der Waals surface area contributed by atoms with Crippen molar-refractivity contribution in [2.45, 2.75) is 32.4 Å². The number of benzene rings is 1. The van der Waals surface area contributed by atoms with Gasteiger partial charge in [-0.25, -0.2) is 9.07 Å². The third kappa shape index (κ3) is 3.76. The average molecular weight is 352 g/mol. The van der Waals surface area contributed by atoms with Crippen molar-refractivity contribution < 1.29 is 13.9 Å². The van der Waals surface area contributed by atoms with Crippen LogP contribution in [0.15, 0.2) is 24.3 Å². The smallest absolute Gasteiger partial charge is 0.256 e. The molecule has 1 fully saturated rings. The van der Waals surface area contributed by atoms with E-state index in [2.05, 4.69) is 10.4 Å². The maximum atomic E-state index is 13.0. The summed E-state index contributed by atoms with van der Waals surface area (Å²) in [6, 6.07) is 6.10. The molecule has 128 valence electrons. The fourth-order valence-corrected chi connectivity index (χ4v) is 3.10. The van der Waals surface area contributed by atoms with Gasteiger partial charge in [0.2, 0.25) is 0 Å². The van der Waals surface area contributed by atoms with Gasteiger partial charge in [-0.2, -0.15) is 5.10 Å². The number of nitrogens with zero attached hydrogens (tertiary/aromatic N) is 2. The molecular formula is C17H19ClFN3O2. The molecule has 0 aliphatic carbocycles. The number of ether oxygens (including phenoxy) is 1. The fraction of sp³-hybridized carbons (Fsp3) is 0.412. The van der Waals surface area contributed by atoms with Crippen molar-refractivity contribution in [1.29, 1.82) is 0 Å². The van der Waals surface area contributed by atoms with E-state index in [-0.39, 0.29) is 23.0 Å². The van der Waals surface area contributed by atoms with Crippen LogP contribution in [0, 0.1) is 12.7 Å².